The molecular weight excluding hydrogens is 316 g/mol. The molecule has 1 saturated heterocycles. The van der Waals surface area contributed by atoms with Crippen molar-refractivity contribution in [1.29, 1.82) is 0 Å². The lowest BCUT2D eigenvalue weighted by atomic mass is 9.90. The Bertz CT molecular complexity index is 818. The van der Waals surface area contributed by atoms with Crippen molar-refractivity contribution in [2.45, 2.75) is 39.0 Å². The van der Waals surface area contributed by atoms with E-state index in [1.165, 1.54) is 0 Å². The van der Waals surface area contributed by atoms with Crippen LogP contribution >= 0.6 is 0 Å². The highest BCUT2D eigenvalue weighted by molar-refractivity contribution is 5.91. The molecule has 6 nitrogen and oxygen atoms in total. The zero-order chi connectivity index (χ0) is 17.4. The highest BCUT2D eigenvalue weighted by atomic mass is 16.4. The van der Waals surface area contributed by atoms with Crippen molar-refractivity contribution in [1.82, 2.24) is 20.1 Å². The summed E-state index contributed by atoms with van der Waals surface area (Å²) < 4.78 is 5.59. The van der Waals surface area contributed by atoms with Crippen LogP contribution in [0.25, 0.3) is 6.08 Å². The number of aromatic nitrogens is 3. The maximum atomic E-state index is 12.4. The van der Waals surface area contributed by atoms with E-state index in [0.717, 1.165) is 49.5 Å². The maximum Gasteiger partial charge on any atom is 0.246 e. The van der Waals surface area contributed by atoms with Crippen LogP contribution in [-0.4, -0.2) is 39.1 Å². The summed E-state index contributed by atoms with van der Waals surface area (Å²) in [6, 6.07) is 3.89. The third kappa shape index (κ3) is 3.08. The monoisotopic (exact) mass is 338 g/mol. The van der Waals surface area contributed by atoms with Gasteiger partial charge in [0, 0.05) is 38.2 Å². The molecule has 1 aliphatic heterocycles. The van der Waals surface area contributed by atoms with Gasteiger partial charge >= 0.3 is 0 Å². The number of hydrogen-bond donors (Lipinski definition) is 0. The summed E-state index contributed by atoms with van der Waals surface area (Å²) in [6.07, 6.45) is 8.29. The van der Waals surface area contributed by atoms with Crippen molar-refractivity contribution in [2.75, 3.05) is 13.1 Å². The fraction of sp³-hybridized carbons (Fsp3) is 0.474. The average molecular weight is 338 g/mol. The summed E-state index contributed by atoms with van der Waals surface area (Å²) in [7, 11) is 0. The van der Waals surface area contributed by atoms with Crippen LogP contribution in [0.4, 0.5) is 0 Å². The molecular formula is C19H22N4O2. The Morgan fingerprint density at radius 2 is 2.12 bits per heavy atom. The minimum Gasteiger partial charge on any atom is -0.425 e. The number of likely N-dealkylation sites (tertiary alicyclic amines) is 1. The number of carbonyl (C=O) groups excluding carboxylic acids is 1. The Morgan fingerprint density at radius 3 is 2.80 bits per heavy atom. The third-order valence-corrected chi connectivity index (χ3v) is 5.53. The number of amides is 1. The van der Waals surface area contributed by atoms with Crippen LogP contribution < -0.4 is 0 Å². The van der Waals surface area contributed by atoms with Crippen LogP contribution in [0.1, 0.15) is 48.2 Å². The average Bonchev–Trinajstić information content (AvgIpc) is 3.13. The smallest absolute Gasteiger partial charge is 0.246 e. The molecule has 1 saturated carbocycles. The molecule has 0 bridgehead atoms. The standard InChI is InChI=1S/C19H22N4O2/c1-13-4-3-9-20-16(13)5-6-17(24)23-10-7-19(8-11-23)12-15(19)18-22-21-14(2)25-18/h3-6,9,15H,7-8,10-12H2,1-2H3/b6-5+. The first-order valence-electron chi connectivity index (χ1n) is 8.76. The molecule has 0 radical (unpaired) electrons. The van der Waals surface area contributed by atoms with Crippen molar-refractivity contribution in [3.63, 3.8) is 0 Å². The molecule has 1 atom stereocenters. The van der Waals surface area contributed by atoms with Gasteiger partial charge in [-0.25, -0.2) is 0 Å². The highest BCUT2D eigenvalue weighted by Gasteiger charge is 2.58. The quantitative estimate of drug-likeness (QED) is 0.805. The van der Waals surface area contributed by atoms with Gasteiger partial charge in [0.15, 0.2) is 0 Å². The van der Waals surface area contributed by atoms with E-state index in [2.05, 4.69) is 15.2 Å². The minimum absolute atomic E-state index is 0.0609. The van der Waals surface area contributed by atoms with E-state index >= 15 is 0 Å². The van der Waals surface area contributed by atoms with Gasteiger partial charge in [0.25, 0.3) is 0 Å². The van der Waals surface area contributed by atoms with Gasteiger partial charge in [-0.05, 0) is 49.3 Å². The van der Waals surface area contributed by atoms with E-state index < -0.39 is 0 Å². The van der Waals surface area contributed by atoms with E-state index in [0.29, 0.717) is 11.8 Å². The maximum absolute atomic E-state index is 12.4. The number of pyridine rings is 1. The van der Waals surface area contributed by atoms with Crippen LogP contribution in [0.5, 0.6) is 0 Å². The number of carbonyl (C=O) groups is 1. The van der Waals surface area contributed by atoms with Gasteiger partial charge in [0.1, 0.15) is 0 Å². The molecule has 2 fully saturated rings. The molecule has 0 N–H and O–H groups in total. The summed E-state index contributed by atoms with van der Waals surface area (Å²) in [4.78, 5) is 18.7. The van der Waals surface area contributed by atoms with E-state index in [1.54, 1.807) is 12.3 Å². The first kappa shape index (κ1) is 16.0. The molecule has 3 heterocycles. The summed E-state index contributed by atoms with van der Waals surface area (Å²) in [5.74, 6) is 1.82. The Morgan fingerprint density at radius 1 is 1.32 bits per heavy atom. The summed E-state index contributed by atoms with van der Waals surface area (Å²) in [6.45, 7) is 5.39. The molecule has 1 amide bonds. The summed E-state index contributed by atoms with van der Waals surface area (Å²) in [5, 5.41) is 8.10. The molecule has 6 heteroatoms. The topological polar surface area (TPSA) is 72.1 Å². The van der Waals surface area contributed by atoms with Crippen molar-refractivity contribution < 1.29 is 9.21 Å². The zero-order valence-electron chi connectivity index (χ0n) is 14.6. The molecule has 2 aliphatic rings. The minimum atomic E-state index is 0.0609. The molecule has 0 aromatic carbocycles. The summed E-state index contributed by atoms with van der Waals surface area (Å²) in [5.41, 5.74) is 2.18. The zero-order valence-corrected chi connectivity index (χ0v) is 14.6. The van der Waals surface area contributed by atoms with Crippen molar-refractivity contribution in [2.24, 2.45) is 5.41 Å². The van der Waals surface area contributed by atoms with Gasteiger partial charge in [0.2, 0.25) is 17.7 Å². The number of hydrogen-bond acceptors (Lipinski definition) is 5. The Kier molecular flexibility index (Phi) is 3.90. The molecule has 2 aromatic heterocycles. The van der Waals surface area contributed by atoms with E-state index in [9.17, 15) is 4.79 Å². The van der Waals surface area contributed by atoms with Crippen LogP contribution in [0.3, 0.4) is 0 Å². The van der Waals surface area contributed by atoms with Gasteiger partial charge < -0.3 is 9.32 Å². The van der Waals surface area contributed by atoms with Crippen molar-refractivity contribution >= 4 is 12.0 Å². The second-order valence-corrected chi connectivity index (χ2v) is 7.14. The molecule has 1 spiro atoms. The number of aryl methyl sites for hydroxylation is 2. The fourth-order valence-electron chi connectivity index (χ4n) is 3.80. The highest BCUT2D eigenvalue weighted by Crippen LogP contribution is 2.64. The number of rotatable bonds is 3. The van der Waals surface area contributed by atoms with E-state index in [4.69, 9.17) is 4.42 Å². The van der Waals surface area contributed by atoms with Crippen LogP contribution in [0.2, 0.25) is 0 Å². The van der Waals surface area contributed by atoms with Gasteiger partial charge in [-0.1, -0.05) is 6.07 Å². The predicted octanol–water partition coefficient (Wildman–Crippen LogP) is 2.89. The first-order valence-corrected chi connectivity index (χ1v) is 8.76. The molecule has 2 aromatic rings. The van der Waals surface area contributed by atoms with Crippen molar-refractivity contribution in [3.05, 3.63) is 47.4 Å². The Balaban J connectivity index is 1.35. The first-order chi connectivity index (χ1) is 12.1. The van der Waals surface area contributed by atoms with Gasteiger partial charge in [-0.3, -0.25) is 9.78 Å². The second-order valence-electron chi connectivity index (χ2n) is 7.14. The molecule has 4 rings (SSSR count). The Labute approximate surface area is 147 Å². The molecule has 1 aliphatic carbocycles. The van der Waals surface area contributed by atoms with Gasteiger partial charge in [-0.2, -0.15) is 0 Å². The number of nitrogens with zero attached hydrogens (tertiary/aromatic N) is 4. The lowest BCUT2D eigenvalue weighted by molar-refractivity contribution is -0.127. The predicted molar refractivity (Wildman–Crippen MR) is 92.6 cm³/mol. The number of piperidine rings is 1. The SMILES string of the molecule is Cc1nnc(C2CC23CCN(C(=O)/C=C/c2ncccc2C)CC3)o1. The van der Waals surface area contributed by atoms with Gasteiger partial charge in [0.05, 0.1) is 5.69 Å². The fourth-order valence-corrected chi connectivity index (χ4v) is 3.80. The van der Waals surface area contributed by atoms with E-state index in [1.807, 2.05) is 37.0 Å². The molecule has 130 valence electrons. The summed E-state index contributed by atoms with van der Waals surface area (Å²) >= 11 is 0. The second kappa shape index (κ2) is 6.10. The van der Waals surface area contributed by atoms with E-state index in [-0.39, 0.29) is 11.3 Å². The lowest BCUT2D eigenvalue weighted by Crippen LogP contribution is -2.38. The lowest BCUT2D eigenvalue weighted by Gasteiger charge is -2.32. The van der Waals surface area contributed by atoms with Crippen molar-refractivity contribution in [3.8, 4) is 0 Å². The molecule has 25 heavy (non-hydrogen) atoms. The normalized spacial score (nSPS) is 21.8. The van der Waals surface area contributed by atoms with Gasteiger partial charge in [-0.15, -0.1) is 10.2 Å². The Hall–Kier alpha value is -2.50. The van der Waals surface area contributed by atoms with Crippen LogP contribution in [0.15, 0.2) is 28.8 Å². The largest absolute Gasteiger partial charge is 0.425 e. The van der Waals surface area contributed by atoms with Crippen LogP contribution in [-0.2, 0) is 4.79 Å². The third-order valence-electron chi connectivity index (χ3n) is 5.53. The molecule has 1 unspecified atom stereocenters. The van der Waals surface area contributed by atoms with Crippen LogP contribution in [0, 0.1) is 19.3 Å².